The summed E-state index contributed by atoms with van der Waals surface area (Å²) in [4.78, 5) is 28.6. The minimum Gasteiger partial charge on any atom is -0.454 e. The summed E-state index contributed by atoms with van der Waals surface area (Å²) < 4.78 is 17.5. The van der Waals surface area contributed by atoms with Gasteiger partial charge in [0, 0.05) is 28.6 Å². The molecule has 8 nitrogen and oxygen atoms in total. The van der Waals surface area contributed by atoms with E-state index in [2.05, 4.69) is 5.32 Å². The fourth-order valence-corrected chi connectivity index (χ4v) is 7.25. The number of hydrogen-bond acceptors (Lipinski definition) is 7. The summed E-state index contributed by atoms with van der Waals surface area (Å²) in [6, 6.07) is 15.5. The van der Waals surface area contributed by atoms with Crippen LogP contribution >= 0.6 is 23.2 Å². The highest BCUT2D eigenvalue weighted by Crippen LogP contribution is 2.55. The maximum Gasteiger partial charge on any atom is 0.374 e. The van der Waals surface area contributed by atoms with Gasteiger partial charge in [-0.15, -0.1) is 0 Å². The molecule has 234 valence electrons. The molecule has 1 amide bonds. The molecule has 1 saturated carbocycles. The molecule has 2 fully saturated rings. The Morgan fingerprint density at radius 1 is 1.09 bits per heavy atom. The summed E-state index contributed by atoms with van der Waals surface area (Å²) >= 11 is 13.2. The predicted octanol–water partition coefficient (Wildman–Crippen LogP) is 6.68. The predicted molar refractivity (Wildman–Crippen MR) is 167 cm³/mol. The number of nitrogens with one attached hydrogen (secondary N) is 1. The number of epoxide rings is 1. The van der Waals surface area contributed by atoms with Gasteiger partial charge in [0.1, 0.15) is 11.4 Å². The summed E-state index contributed by atoms with van der Waals surface area (Å²) in [5.74, 6) is -0.170. The van der Waals surface area contributed by atoms with E-state index < -0.39 is 29.4 Å². The van der Waals surface area contributed by atoms with Crippen LogP contribution in [0.2, 0.25) is 10.0 Å². The van der Waals surface area contributed by atoms with Gasteiger partial charge in [-0.2, -0.15) is 0 Å². The first-order chi connectivity index (χ1) is 21.0. The van der Waals surface area contributed by atoms with Crippen LogP contribution in [0.3, 0.4) is 0 Å². The van der Waals surface area contributed by atoms with E-state index in [0.717, 1.165) is 24.0 Å². The second kappa shape index (κ2) is 12.1. The lowest BCUT2D eigenvalue weighted by Crippen LogP contribution is -2.57. The molecular formula is C34H38Cl2N2O6. The Balaban J connectivity index is 1.33. The Bertz CT molecular complexity index is 1540. The molecule has 1 aliphatic carbocycles. The monoisotopic (exact) mass is 640 g/mol. The minimum atomic E-state index is -0.803. The van der Waals surface area contributed by atoms with Crippen LogP contribution in [0.4, 0.5) is 0 Å². The van der Waals surface area contributed by atoms with E-state index in [9.17, 15) is 14.7 Å². The number of amides is 1. The number of rotatable bonds is 8. The molecule has 10 heteroatoms. The zero-order valence-corrected chi connectivity index (χ0v) is 26.7. The number of furan rings is 1. The Kier molecular flexibility index (Phi) is 8.58. The van der Waals surface area contributed by atoms with E-state index in [1.807, 2.05) is 56.0 Å². The quantitative estimate of drug-likeness (QED) is 0.209. The molecule has 2 aliphatic heterocycles. The molecule has 0 radical (unpaired) electrons. The lowest BCUT2D eigenvalue weighted by Gasteiger charge is -2.50. The van der Waals surface area contributed by atoms with E-state index in [1.54, 1.807) is 24.3 Å². The van der Waals surface area contributed by atoms with Crippen LogP contribution in [-0.4, -0.2) is 58.5 Å². The van der Waals surface area contributed by atoms with Crippen LogP contribution in [0.1, 0.15) is 96.2 Å². The van der Waals surface area contributed by atoms with Gasteiger partial charge in [0.2, 0.25) is 5.76 Å². The number of nitrogens with zero attached hydrogens (tertiary/aromatic N) is 1. The van der Waals surface area contributed by atoms with E-state index >= 15 is 0 Å². The number of carbonyl (C=O) groups excluding carboxylic acids is 2. The molecule has 0 spiro atoms. The van der Waals surface area contributed by atoms with Gasteiger partial charge in [-0.3, -0.25) is 10.1 Å². The Labute approximate surface area is 267 Å². The lowest BCUT2D eigenvalue weighted by molar-refractivity contribution is -0.0144. The van der Waals surface area contributed by atoms with E-state index in [0.29, 0.717) is 53.8 Å². The molecule has 1 aromatic heterocycles. The maximum atomic E-state index is 14.3. The average molecular weight is 642 g/mol. The van der Waals surface area contributed by atoms with Crippen molar-refractivity contribution in [1.29, 1.82) is 0 Å². The largest absolute Gasteiger partial charge is 0.454 e. The number of esters is 1. The number of aliphatic hydroxyl groups is 1. The molecule has 2 N–H and O–H groups in total. The number of hydrogen-bond donors (Lipinski definition) is 2. The van der Waals surface area contributed by atoms with Crippen molar-refractivity contribution in [3.05, 3.63) is 92.9 Å². The Morgan fingerprint density at radius 2 is 1.84 bits per heavy atom. The van der Waals surface area contributed by atoms with Crippen LogP contribution in [0.5, 0.6) is 0 Å². The molecule has 2 aromatic carbocycles. The van der Waals surface area contributed by atoms with Gasteiger partial charge in [0.15, 0.2) is 5.72 Å². The maximum absolute atomic E-state index is 14.3. The highest BCUT2D eigenvalue weighted by Gasteiger charge is 2.60. The minimum absolute atomic E-state index is 0.125. The number of benzene rings is 2. The summed E-state index contributed by atoms with van der Waals surface area (Å²) in [5, 5.41) is 15.8. The van der Waals surface area contributed by atoms with Gasteiger partial charge >= 0.3 is 5.97 Å². The van der Waals surface area contributed by atoms with Crippen LogP contribution in [0.25, 0.3) is 0 Å². The molecule has 3 aliphatic rings. The van der Waals surface area contributed by atoms with E-state index in [4.69, 9.17) is 37.1 Å². The normalized spacial score (nSPS) is 26.8. The first-order valence-electron chi connectivity index (χ1n) is 15.2. The molecule has 3 aromatic rings. The number of ether oxygens (including phenoxy) is 2. The fraction of sp³-hybridized carbons (Fsp3) is 0.471. The van der Waals surface area contributed by atoms with Crippen molar-refractivity contribution in [1.82, 2.24) is 10.2 Å². The average Bonchev–Trinajstić information content (AvgIpc) is 3.59. The van der Waals surface area contributed by atoms with Gasteiger partial charge < -0.3 is 23.9 Å². The van der Waals surface area contributed by atoms with Crippen molar-refractivity contribution in [2.24, 2.45) is 0 Å². The molecule has 3 heterocycles. The Hall–Kier alpha value is -2.88. The number of carbonyl (C=O) groups is 2. The van der Waals surface area contributed by atoms with Crippen molar-refractivity contribution in [3.63, 3.8) is 0 Å². The number of aliphatic hydroxyl groups excluding tert-OH is 1. The molecule has 0 bridgehead atoms. The van der Waals surface area contributed by atoms with Crippen molar-refractivity contribution in [3.8, 4) is 0 Å². The van der Waals surface area contributed by atoms with Crippen LogP contribution in [-0.2, 0) is 15.9 Å². The van der Waals surface area contributed by atoms with Gasteiger partial charge in [0.25, 0.3) is 5.91 Å². The van der Waals surface area contributed by atoms with Crippen molar-refractivity contribution < 1.29 is 28.6 Å². The van der Waals surface area contributed by atoms with Crippen molar-refractivity contribution >= 4 is 35.1 Å². The number of fused-ring (bicyclic) bond motifs is 1. The highest BCUT2D eigenvalue weighted by molar-refractivity contribution is 6.35. The van der Waals surface area contributed by atoms with Gasteiger partial charge in [0.05, 0.1) is 30.7 Å². The first kappa shape index (κ1) is 31.1. The van der Waals surface area contributed by atoms with Crippen molar-refractivity contribution in [2.75, 3.05) is 13.2 Å². The SMILES string of the molecule is CC(C)(C)OC(=O)c1ccc(CCNC2([C@@H]3c4ccccc4C(=O)N([C@H]4CCCC[C@@H]4O)[C@H]3c3ccc(Cl)cc3Cl)CO2)o1. The van der Waals surface area contributed by atoms with Gasteiger partial charge in [-0.05, 0) is 75.1 Å². The fourth-order valence-electron chi connectivity index (χ4n) is 6.73. The summed E-state index contributed by atoms with van der Waals surface area (Å²) in [5.41, 5.74) is 0.797. The highest BCUT2D eigenvalue weighted by atomic mass is 35.5. The third kappa shape index (κ3) is 6.15. The van der Waals surface area contributed by atoms with E-state index in [-0.39, 0.29) is 23.6 Å². The topological polar surface area (TPSA) is 105 Å². The van der Waals surface area contributed by atoms with E-state index in [1.165, 1.54) is 0 Å². The molecule has 5 atom stereocenters. The zero-order valence-electron chi connectivity index (χ0n) is 25.1. The van der Waals surface area contributed by atoms with Gasteiger partial charge in [-0.1, -0.05) is 60.3 Å². The zero-order chi connectivity index (χ0) is 31.2. The third-order valence-corrected chi connectivity index (χ3v) is 9.29. The molecular weight excluding hydrogens is 603 g/mol. The van der Waals surface area contributed by atoms with Crippen LogP contribution in [0.15, 0.2) is 59.0 Å². The smallest absolute Gasteiger partial charge is 0.374 e. The second-order valence-electron chi connectivity index (χ2n) is 12.9. The molecule has 1 saturated heterocycles. The van der Waals surface area contributed by atoms with Crippen molar-refractivity contribution in [2.45, 2.75) is 88.3 Å². The Morgan fingerprint density at radius 3 is 2.55 bits per heavy atom. The summed E-state index contributed by atoms with van der Waals surface area (Å²) in [7, 11) is 0. The number of halogens is 2. The first-order valence-corrected chi connectivity index (χ1v) is 16.0. The van der Waals surface area contributed by atoms with Gasteiger partial charge in [-0.25, -0.2) is 4.79 Å². The lowest BCUT2D eigenvalue weighted by atomic mass is 9.73. The molecule has 1 unspecified atom stereocenters. The van der Waals surface area contributed by atoms with Crippen LogP contribution < -0.4 is 5.32 Å². The summed E-state index contributed by atoms with van der Waals surface area (Å²) in [6.45, 7) is 6.34. The second-order valence-corrected chi connectivity index (χ2v) is 13.8. The third-order valence-electron chi connectivity index (χ3n) is 8.72. The molecule has 6 rings (SSSR count). The van der Waals surface area contributed by atoms with Crippen LogP contribution in [0, 0.1) is 0 Å². The molecule has 44 heavy (non-hydrogen) atoms. The standard InChI is InChI=1S/C34H38Cl2N2O6/c1-33(2,3)44-32(41)28-15-13-21(43-28)16-17-37-34(19-42-34)29-22-8-4-5-9-23(22)31(40)38(26-10-6-7-11-27(26)39)30(29)24-14-12-20(35)18-25(24)36/h4-5,8-9,12-15,18,26-27,29-30,37,39H,6-7,10-11,16-17,19H2,1-3H3/t26-,27-,29+,30-,34?/m0/s1. The summed E-state index contributed by atoms with van der Waals surface area (Å²) in [6.07, 6.45) is 3.03.